The fourth-order valence-corrected chi connectivity index (χ4v) is 1.43. The van der Waals surface area contributed by atoms with Crippen LogP contribution in [0.2, 0.25) is 0 Å². The SMILES string of the molecule is OC/C=C/COc1ccc2ncccc2c1. The molecule has 0 amide bonds. The van der Waals surface area contributed by atoms with Crippen molar-refractivity contribution in [1.29, 1.82) is 0 Å². The number of aliphatic hydroxyl groups excluding tert-OH is 1. The lowest BCUT2D eigenvalue weighted by molar-refractivity contribution is 0.336. The zero-order valence-electron chi connectivity index (χ0n) is 8.84. The molecule has 0 atom stereocenters. The van der Waals surface area contributed by atoms with E-state index in [0.29, 0.717) is 6.61 Å². The van der Waals surface area contributed by atoms with Crippen molar-refractivity contribution in [2.75, 3.05) is 13.2 Å². The van der Waals surface area contributed by atoms with Crippen molar-refractivity contribution in [2.24, 2.45) is 0 Å². The molecule has 0 aliphatic heterocycles. The van der Waals surface area contributed by atoms with Crippen LogP contribution < -0.4 is 4.74 Å². The van der Waals surface area contributed by atoms with Crippen molar-refractivity contribution in [3.8, 4) is 5.75 Å². The van der Waals surface area contributed by atoms with Crippen LogP contribution in [-0.4, -0.2) is 23.3 Å². The lowest BCUT2D eigenvalue weighted by Gasteiger charge is -2.04. The Balaban J connectivity index is 2.10. The third-order valence-corrected chi connectivity index (χ3v) is 2.19. The smallest absolute Gasteiger partial charge is 0.120 e. The van der Waals surface area contributed by atoms with E-state index in [0.717, 1.165) is 16.7 Å². The Kier molecular flexibility index (Phi) is 3.51. The number of hydrogen-bond acceptors (Lipinski definition) is 3. The Bertz CT molecular complexity index is 494. The van der Waals surface area contributed by atoms with E-state index in [-0.39, 0.29) is 6.61 Å². The zero-order valence-corrected chi connectivity index (χ0v) is 8.84. The molecule has 0 saturated heterocycles. The van der Waals surface area contributed by atoms with Crippen LogP contribution in [0.25, 0.3) is 10.9 Å². The van der Waals surface area contributed by atoms with E-state index in [1.807, 2.05) is 30.3 Å². The monoisotopic (exact) mass is 215 g/mol. The van der Waals surface area contributed by atoms with Crippen LogP contribution in [-0.2, 0) is 0 Å². The van der Waals surface area contributed by atoms with E-state index in [1.165, 1.54) is 0 Å². The first-order valence-electron chi connectivity index (χ1n) is 5.13. The minimum Gasteiger partial charge on any atom is -0.490 e. The van der Waals surface area contributed by atoms with Gasteiger partial charge in [-0.25, -0.2) is 0 Å². The molecular formula is C13H13NO2. The van der Waals surface area contributed by atoms with Crippen LogP contribution >= 0.6 is 0 Å². The van der Waals surface area contributed by atoms with Crippen molar-refractivity contribution in [3.05, 3.63) is 48.7 Å². The molecule has 0 unspecified atom stereocenters. The number of nitrogens with zero attached hydrogens (tertiary/aromatic N) is 1. The fourth-order valence-electron chi connectivity index (χ4n) is 1.43. The van der Waals surface area contributed by atoms with Crippen LogP contribution in [0.15, 0.2) is 48.7 Å². The first-order valence-corrected chi connectivity index (χ1v) is 5.13. The highest BCUT2D eigenvalue weighted by Gasteiger charge is 1.96. The number of fused-ring (bicyclic) bond motifs is 1. The van der Waals surface area contributed by atoms with Crippen LogP contribution in [0.5, 0.6) is 5.75 Å². The van der Waals surface area contributed by atoms with Gasteiger partial charge in [0.15, 0.2) is 0 Å². The minimum absolute atomic E-state index is 0.0466. The second-order valence-corrected chi connectivity index (χ2v) is 3.32. The summed E-state index contributed by atoms with van der Waals surface area (Å²) < 4.78 is 5.49. The highest BCUT2D eigenvalue weighted by Crippen LogP contribution is 2.18. The van der Waals surface area contributed by atoms with E-state index in [9.17, 15) is 0 Å². The highest BCUT2D eigenvalue weighted by atomic mass is 16.5. The Labute approximate surface area is 94.0 Å². The van der Waals surface area contributed by atoms with Gasteiger partial charge >= 0.3 is 0 Å². The van der Waals surface area contributed by atoms with Gasteiger partial charge < -0.3 is 9.84 Å². The summed E-state index contributed by atoms with van der Waals surface area (Å²) in [4.78, 5) is 4.23. The van der Waals surface area contributed by atoms with Gasteiger partial charge in [-0.2, -0.15) is 0 Å². The topological polar surface area (TPSA) is 42.4 Å². The molecular weight excluding hydrogens is 202 g/mol. The summed E-state index contributed by atoms with van der Waals surface area (Å²) in [5.74, 6) is 0.808. The van der Waals surface area contributed by atoms with Crippen LogP contribution in [0, 0.1) is 0 Å². The standard InChI is InChI=1S/C13H13NO2/c15-8-1-2-9-16-12-5-6-13-11(10-12)4-3-7-14-13/h1-7,10,15H,8-9H2/b2-1+. The maximum Gasteiger partial charge on any atom is 0.120 e. The number of aromatic nitrogens is 1. The molecule has 0 fully saturated rings. The average molecular weight is 215 g/mol. The molecule has 3 nitrogen and oxygen atoms in total. The summed E-state index contributed by atoms with van der Waals surface area (Å²) in [6, 6.07) is 9.67. The largest absolute Gasteiger partial charge is 0.490 e. The van der Waals surface area contributed by atoms with Crippen molar-refractivity contribution < 1.29 is 9.84 Å². The molecule has 0 aliphatic carbocycles. The van der Waals surface area contributed by atoms with E-state index in [4.69, 9.17) is 9.84 Å². The number of hydrogen-bond donors (Lipinski definition) is 1. The molecule has 2 aromatic rings. The van der Waals surface area contributed by atoms with E-state index < -0.39 is 0 Å². The summed E-state index contributed by atoms with van der Waals surface area (Å²) >= 11 is 0. The molecule has 0 radical (unpaired) electrons. The summed E-state index contributed by atoms with van der Waals surface area (Å²) in [6.45, 7) is 0.511. The van der Waals surface area contributed by atoms with Gasteiger partial charge in [0.05, 0.1) is 12.1 Å². The molecule has 1 aromatic carbocycles. The number of pyridine rings is 1. The molecule has 82 valence electrons. The number of rotatable bonds is 4. The minimum atomic E-state index is 0.0466. The van der Waals surface area contributed by atoms with Gasteiger partial charge in [0.25, 0.3) is 0 Å². The summed E-state index contributed by atoms with van der Waals surface area (Å²) in [6.07, 6.45) is 5.21. The molecule has 0 spiro atoms. The third-order valence-electron chi connectivity index (χ3n) is 2.19. The van der Waals surface area contributed by atoms with Gasteiger partial charge in [0.1, 0.15) is 12.4 Å². The first-order chi connectivity index (χ1) is 7.90. The Morgan fingerprint density at radius 3 is 3.06 bits per heavy atom. The van der Waals surface area contributed by atoms with Gasteiger partial charge in [0, 0.05) is 11.6 Å². The molecule has 0 bridgehead atoms. The normalized spacial score (nSPS) is 11.1. The van der Waals surface area contributed by atoms with E-state index >= 15 is 0 Å². The zero-order chi connectivity index (χ0) is 11.2. The van der Waals surface area contributed by atoms with Gasteiger partial charge in [-0.3, -0.25) is 4.98 Å². The van der Waals surface area contributed by atoms with Crippen molar-refractivity contribution in [1.82, 2.24) is 4.98 Å². The molecule has 1 aromatic heterocycles. The Hall–Kier alpha value is -1.87. The van der Waals surface area contributed by atoms with E-state index in [1.54, 1.807) is 18.3 Å². The second-order valence-electron chi connectivity index (χ2n) is 3.32. The van der Waals surface area contributed by atoms with Crippen LogP contribution in [0.3, 0.4) is 0 Å². The molecule has 2 rings (SSSR count). The van der Waals surface area contributed by atoms with Gasteiger partial charge in [-0.05, 0) is 30.3 Å². The highest BCUT2D eigenvalue weighted by molar-refractivity contribution is 5.79. The molecule has 0 aliphatic rings. The summed E-state index contributed by atoms with van der Waals surface area (Å²) in [7, 11) is 0. The Morgan fingerprint density at radius 2 is 2.19 bits per heavy atom. The first kappa shape index (κ1) is 10.6. The molecule has 1 N–H and O–H groups in total. The predicted octanol–water partition coefficient (Wildman–Crippen LogP) is 2.16. The summed E-state index contributed by atoms with van der Waals surface area (Å²) in [5, 5.41) is 9.62. The van der Waals surface area contributed by atoms with Crippen LogP contribution in [0.1, 0.15) is 0 Å². The second kappa shape index (κ2) is 5.28. The summed E-state index contributed by atoms with van der Waals surface area (Å²) in [5.41, 5.74) is 0.959. The van der Waals surface area contributed by atoms with Crippen molar-refractivity contribution in [3.63, 3.8) is 0 Å². The van der Waals surface area contributed by atoms with Crippen molar-refractivity contribution in [2.45, 2.75) is 0 Å². The van der Waals surface area contributed by atoms with Gasteiger partial charge in [0.2, 0.25) is 0 Å². The lowest BCUT2D eigenvalue weighted by atomic mass is 10.2. The average Bonchev–Trinajstić information content (AvgIpc) is 2.34. The fraction of sp³-hybridized carbons (Fsp3) is 0.154. The number of aliphatic hydroxyl groups is 1. The van der Waals surface area contributed by atoms with E-state index in [2.05, 4.69) is 4.98 Å². The molecule has 3 heteroatoms. The molecule has 1 heterocycles. The third kappa shape index (κ3) is 2.58. The lowest BCUT2D eigenvalue weighted by Crippen LogP contribution is -1.93. The Morgan fingerprint density at radius 1 is 1.25 bits per heavy atom. The van der Waals surface area contributed by atoms with Crippen LogP contribution in [0.4, 0.5) is 0 Å². The van der Waals surface area contributed by atoms with Gasteiger partial charge in [-0.1, -0.05) is 12.1 Å². The maximum atomic E-state index is 8.55. The number of ether oxygens (including phenoxy) is 1. The molecule has 0 saturated carbocycles. The molecule has 16 heavy (non-hydrogen) atoms. The predicted molar refractivity (Wildman–Crippen MR) is 63.5 cm³/mol. The number of benzene rings is 1. The quantitative estimate of drug-likeness (QED) is 0.795. The maximum absolute atomic E-state index is 8.55. The van der Waals surface area contributed by atoms with Gasteiger partial charge in [-0.15, -0.1) is 0 Å². The van der Waals surface area contributed by atoms with Crippen molar-refractivity contribution >= 4 is 10.9 Å².